The third-order valence-electron chi connectivity index (χ3n) is 6.08. The number of amides is 1. The molecule has 0 aliphatic heterocycles. The van der Waals surface area contributed by atoms with Gasteiger partial charge in [0.2, 0.25) is 0 Å². The van der Waals surface area contributed by atoms with Crippen LogP contribution >= 0.6 is 11.6 Å². The normalized spacial score (nSPS) is 13.1. The lowest BCUT2D eigenvalue weighted by molar-refractivity contribution is -0.141. The minimum atomic E-state index is -4.81. The van der Waals surface area contributed by atoms with Crippen LogP contribution in [0, 0.1) is 6.92 Å². The van der Waals surface area contributed by atoms with Crippen molar-refractivity contribution in [1.82, 2.24) is 4.90 Å². The molecule has 0 aliphatic rings. The Bertz CT molecular complexity index is 1290. The fourth-order valence-electron chi connectivity index (χ4n) is 3.74. The predicted molar refractivity (Wildman–Crippen MR) is 134 cm³/mol. The molecule has 0 bridgehead atoms. The van der Waals surface area contributed by atoms with Crippen LogP contribution < -0.4 is 5.32 Å². The van der Waals surface area contributed by atoms with E-state index < -0.39 is 35.2 Å². The van der Waals surface area contributed by atoms with E-state index in [-0.39, 0.29) is 11.6 Å². The Labute approximate surface area is 212 Å². The molecule has 0 radical (unpaired) electrons. The van der Waals surface area contributed by atoms with Crippen molar-refractivity contribution in [3.63, 3.8) is 0 Å². The van der Waals surface area contributed by atoms with E-state index in [0.29, 0.717) is 16.3 Å². The fraction of sp³-hybridized carbons (Fsp3) is 0.259. The number of anilines is 1. The average molecular weight is 519 g/mol. The highest BCUT2D eigenvalue weighted by molar-refractivity contribution is 6.31. The van der Waals surface area contributed by atoms with Gasteiger partial charge in [-0.2, -0.15) is 13.2 Å². The number of rotatable bonds is 7. The van der Waals surface area contributed by atoms with Gasteiger partial charge in [-0.25, -0.2) is 4.79 Å². The Morgan fingerprint density at radius 2 is 1.67 bits per heavy atom. The van der Waals surface area contributed by atoms with E-state index in [4.69, 9.17) is 16.7 Å². The second-order valence-corrected chi connectivity index (χ2v) is 9.05. The second-order valence-electron chi connectivity index (χ2n) is 8.64. The molecule has 0 saturated carbocycles. The summed E-state index contributed by atoms with van der Waals surface area (Å²) in [5, 5.41) is 13.1. The van der Waals surface area contributed by atoms with Crippen molar-refractivity contribution in [2.45, 2.75) is 39.0 Å². The Balaban J connectivity index is 1.94. The van der Waals surface area contributed by atoms with Crippen LogP contribution in [0.15, 0.2) is 60.7 Å². The van der Waals surface area contributed by atoms with Crippen molar-refractivity contribution in [3.8, 4) is 11.1 Å². The number of likely N-dealkylation sites (N-methyl/N-ethyl adjacent to an activating group) is 1. The second kappa shape index (κ2) is 10.6. The van der Waals surface area contributed by atoms with Crippen molar-refractivity contribution in [2.24, 2.45) is 0 Å². The third kappa shape index (κ3) is 5.99. The lowest BCUT2D eigenvalue weighted by Gasteiger charge is -2.23. The highest BCUT2D eigenvalue weighted by Gasteiger charge is 2.37. The minimum Gasteiger partial charge on any atom is -0.480 e. The molecule has 0 aliphatic carbocycles. The molecule has 0 spiro atoms. The van der Waals surface area contributed by atoms with E-state index >= 15 is 0 Å². The van der Waals surface area contributed by atoms with E-state index in [9.17, 15) is 22.8 Å². The topological polar surface area (TPSA) is 69.6 Å². The van der Waals surface area contributed by atoms with Crippen molar-refractivity contribution < 1.29 is 27.9 Å². The molecule has 0 fully saturated rings. The number of carbonyl (C=O) groups is 2. The van der Waals surface area contributed by atoms with E-state index in [1.165, 1.54) is 13.0 Å². The van der Waals surface area contributed by atoms with Gasteiger partial charge < -0.3 is 15.3 Å². The SMILES string of the molecule is Cc1cc(C(C)Nc2cccc(-c3ccc(C(=O)N(C)C(C)C(=O)O)c(C(F)(F)F)c3)c2)ccc1Cl. The van der Waals surface area contributed by atoms with Gasteiger partial charge in [-0.3, -0.25) is 4.79 Å². The summed E-state index contributed by atoms with van der Waals surface area (Å²) < 4.78 is 41.8. The smallest absolute Gasteiger partial charge is 0.417 e. The van der Waals surface area contributed by atoms with Gasteiger partial charge in [-0.1, -0.05) is 41.9 Å². The number of carboxylic acids is 1. The van der Waals surface area contributed by atoms with Crippen molar-refractivity contribution >= 4 is 29.2 Å². The van der Waals surface area contributed by atoms with Crippen LogP contribution in [0.25, 0.3) is 11.1 Å². The van der Waals surface area contributed by atoms with E-state index in [0.717, 1.165) is 35.2 Å². The summed E-state index contributed by atoms with van der Waals surface area (Å²) in [6.07, 6.45) is -4.81. The van der Waals surface area contributed by atoms with Crippen molar-refractivity contribution in [2.75, 3.05) is 12.4 Å². The minimum absolute atomic E-state index is 0.0892. The summed E-state index contributed by atoms with van der Waals surface area (Å²) in [4.78, 5) is 24.7. The maximum atomic E-state index is 13.9. The molecule has 0 heterocycles. The highest BCUT2D eigenvalue weighted by Crippen LogP contribution is 2.36. The zero-order valence-corrected chi connectivity index (χ0v) is 20.9. The highest BCUT2D eigenvalue weighted by atomic mass is 35.5. The van der Waals surface area contributed by atoms with Crippen LogP contribution in [0.1, 0.15) is 46.9 Å². The van der Waals surface area contributed by atoms with E-state index in [2.05, 4.69) is 5.32 Å². The number of halogens is 4. The molecular weight excluding hydrogens is 493 g/mol. The first-order valence-electron chi connectivity index (χ1n) is 11.1. The number of carboxylic acid groups (broad SMARTS) is 1. The zero-order valence-electron chi connectivity index (χ0n) is 20.2. The molecule has 3 aromatic carbocycles. The molecule has 5 nitrogen and oxygen atoms in total. The molecule has 190 valence electrons. The first-order chi connectivity index (χ1) is 16.8. The van der Waals surface area contributed by atoms with Crippen molar-refractivity contribution in [1.29, 1.82) is 0 Å². The summed E-state index contributed by atoms with van der Waals surface area (Å²) in [6.45, 7) is 5.10. The largest absolute Gasteiger partial charge is 0.480 e. The number of hydrogen-bond acceptors (Lipinski definition) is 3. The van der Waals surface area contributed by atoms with E-state index in [1.54, 1.807) is 18.2 Å². The van der Waals surface area contributed by atoms with Gasteiger partial charge in [0.15, 0.2) is 0 Å². The van der Waals surface area contributed by atoms with Gasteiger partial charge in [0.25, 0.3) is 5.91 Å². The maximum Gasteiger partial charge on any atom is 0.417 e. The Morgan fingerprint density at radius 3 is 2.28 bits per heavy atom. The van der Waals surface area contributed by atoms with Crippen LogP contribution in [0.5, 0.6) is 0 Å². The summed E-state index contributed by atoms with van der Waals surface area (Å²) in [7, 11) is 1.16. The molecule has 36 heavy (non-hydrogen) atoms. The molecule has 2 atom stereocenters. The van der Waals surface area contributed by atoms with Gasteiger partial charge in [0.1, 0.15) is 6.04 Å². The van der Waals surface area contributed by atoms with Crippen LogP contribution in [-0.2, 0) is 11.0 Å². The molecule has 9 heteroatoms. The van der Waals surface area contributed by atoms with Crippen LogP contribution in [0.3, 0.4) is 0 Å². The van der Waals surface area contributed by atoms with Gasteiger partial charge >= 0.3 is 12.1 Å². The molecule has 3 rings (SSSR count). The zero-order chi connectivity index (χ0) is 26.8. The van der Waals surface area contributed by atoms with Gasteiger partial charge in [-0.15, -0.1) is 0 Å². The van der Waals surface area contributed by atoms with Crippen LogP contribution in [-0.4, -0.2) is 35.0 Å². The van der Waals surface area contributed by atoms with Gasteiger partial charge in [0, 0.05) is 23.8 Å². The quantitative estimate of drug-likeness (QED) is 0.351. The maximum absolute atomic E-state index is 13.9. The van der Waals surface area contributed by atoms with Gasteiger partial charge in [-0.05, 0) is 73.4 Å². The number of aliphatic carboxylic acids is 1. The molecule has 0 saturated heterocycles. The number of alkyl halides is 3. The summed E-state index contributed by atoms with van der Waals surface area (Å²) in [5.41, 5.74) is 1.71. The third-order valence-corrected chi connectivity index (χ3v) is 6.50. The fourth-order valence-corrected chi connectivity index (χ4v) is 3.85. The molecular formula is C27H26ClF3N2O3. The standard InChI is InChI=1S/C27H26ClF3N2O3/c1-15-12-18(9-11-24(15)28)16(2)32-21-7-5-6-19(13-21)20-8-10-22(23(14-20)27(29,30)31)25(34)33(4)17(3)26(35)36/h5-14,16-17,32H,1-4H3,(H,35,36). The number of benzene rings is 3. The summed E-state index contributed by atoms with van der Waals surface area (Å²) >= 11 is 6.11. The Hall–Kier alpha value is -3.52. The first-order valence-corrected chi connectivity index (χ1v) is 11.5. The number of hydrogen-bond donors (Lipinski definition) is 2. The Morgan fingerprint density at radius 1 is 1.00 bits per heavy atom. The number of carbonyl (C=O) groups excluding carboxylic acids is 1. The number of nitrogens with zero attached hydrogens (tertiary/aromatic N) is 1. The molecule has 2 N–H and O–H groups in total. The van der Waals surface area contributed by atoms with Gasteiger partial charge in [0.05, 0.1) is 11.1 Å². The lowest BCUT2D eigenvalue weighted by Crippen LogP contribution is -2.40. The van der Waals surface area contributed by atoms with E-state index in [1.807, 2.05) is 38.1 Å². The molecule has 2 unspecified atom stereocenters. The monoisotopic (exact) mass is 518 g/mol. The number of nitrogens with one attached hydrogen (secondary N) is 1. The predicted octanol–water partition coefficient (Wildman–Crippen LogP) is 7.05. The first kappa shape index (κ1) is 27.1. The van der Waals surface area contributed by atoms with Crippen molar-refractivity contribution in [3.05, 3.63) is 87.9 Å². The molecule has 3 aromatic rings. The summed E-state index contributed by atoms with van der Waals surface area (Å²) in [5.74, 6) is -2.34. The summed E-state index contributed by atoms with van der Waals surface area (Å²) in [6, 6.07) is 14.7. The average Bonchev–Trinajstić information content (AvgIpc) is 2.83. The molecule has 0 aromatic heterocycles. The molecule has 1 amide bonds. The number of aryl methyl sites for hydroxylation is 1. The van der Waals surface area contributed by atoms with Crippen LogP contribution in [0.4, 0.5) is 18.9 Å². The van der Waals surface area contributed by atoms with Crippen LogP contribution in [0.2, 0.25) is 5.02 Å². The lowest BCUT2D eigenvalue weighted by atomic mass is 9.97. The Kier molecular flexibility index (Phi) is 7.99.